The van der Waals surface area contributed by atoms with Gasteiger partial charge in [-0.3, -0.25) is 9.59 Å². The standard InChI is InChI=1S/C25H21N5O4S/c31-21(26-18-7-4-6-16(14-18)24(32)27-17-11-12-17)15-34-25(33)22-28-23(20-10-5-13-35-20)30(29-22)19-8-2-1-3-9-19/h1-10,13-14,17H,11-12,15H2,(H,26,31)(H,27,32). The van der Waals surface area contributed by atoms with E-state index >= 15 is 0 Å². The van der Waals surface area contributed by atoms with Gasteiger partial charge in [0.1, 0.15) is 0 Å². The number of carbonyl (C=O) groups is 3. The molecular formula is C25H21N5O4S. The van der Waals surface area contributed by atoms with Crippen LogP contribution in [0.1, 0.15) is 33.8 Å². The van der Waals surface area contributed by atoms with Gasteiger partial charge in [-0.1, -0.05) is 30.3 Å². The third-order valence-corrected chi connectivity index (χ3v) is 6.05. The summed E-state index contributed by atoms with van der Waals surface area (Å²) in [4.78, 5) is 42.4. The first-order chi connectivity index (χ1) is 17.1. The highest BCUT2D eigenvalue weighted by atomic mass is 32.1. The Morgan fingerprint density at radius 1 is 1.03 bits per heavy atom. The van der Waals surface area contributed by atoms with Gasteiger partial charge in [0, 0.05) is 17.3 Å². The van der Waals surface area contributed by atoms with Gasteiger partial charge in [-0.05, 0) is 54.6 Å². The van der Waals surface area contributed by atoms with Crippen LogP contribution in [-0.4, -0.2) is 45.2 Å². The Hall–Kier alpha value is -4.31. The Labute approximate surface area is 204 Å². The zero-order valence-electron chi connectivity index (χ0n) is 18.5. The lowest BCUT2D eigenvalue weighted by Gasteiger charge is -2.08. The van der Waals surface area contributed by atoms with Crippen LogP contribution in [0.5, 0.6) is 0 Å². The van der Waals surface area contributed by atoms with Gasteiger partial charge in [0.05, 0.1) is 10.6 Å². The molecule has 10 heteroatoms. The number of benzene rings is 2. The number of hydrogen-bond donors (Lipinski definition) is 2. The summed E-state index contributed by atoms with van der Waals surface area (Å²) in [6, 6.07) is 19.9. The van der Waals surface area contributed by atoms with E-state index in [0.29, 0.717) is 17.1 Å². The molecule has 1 aliphatic carbocycles. The summed E-state index contributed by atoms with van der Waals surface area (Å²) >= 11 is 1.47. The molecule has 1 aliphatic rings. The summed E-state index contributed by atoms with van der Waals surface area (Å²) in [5, 5.41) is 11.8. The largest absolute Gasteiger partial charge is 0.450 e. The molecular weight excluding hydrogens is 466 g/mol. The Balaban J connectivity index is 1.24. The third-order valence-electron chi connectivity index (χ3n) is 5.19. The van der Waals surface area contributed by atoms with Crippen LogP contribution in [0.25, 0.3) is 16.4 Å². The minimum Gasteiger partial charge on any atom is -0.450 e. The molecule has 2 aromatic heterocycles. The highest BCUT2D eigenvalue weighted by Gasteiger charge is 2.24. The molecule has 1 saturated carbocycles. The van der Waals surface area contributed by atoms with E-state index in [1.165, 1.54) is 11.3 Å². The molecule has 0 unspecified atom stereocenters. The lowest BCUT2D eigenvalue weighted by atomic mass is 10.2. The molecule has 0 aliphatic heterocycles. The second kappa shape index (κ2) is 9.90. The van der Waals surface area contributed by atoms with E-state index in [-0.39, 0.29) is 17.8 Å². The Morgan fingerprint density at radius 2 is 1.86 bits per heavy atom. The predicted molar refractivity (Wildman–Crippen MR) is 131 cm³/mol. The molecule has 5 rings (SSSR count). The number of aromatic nitrogens is 3. The lowest BCUT2D eigenvalue weighted by Crippen LogP contribution is -2.25. The first kappa shape index (κ1) is 22.5. The van der Waals surface area contributed by atoms with E-state index in [0.717, 1.165) is 23.4 Å². The Kier molecular flexibility index (Phi) is 6.36. The second-order valence-corrected chi connectivity index (χ2v) is 8.88. The van der Waals surface area contributed by atoms with E-state index in [2.05, 4.69) is 20.7 Å². The number of nitrogens with zero attached hydrogens (tertiary/aromatic N) is 3. The summed E-state index contributed by atoms with van der Waals surface area (Å²) in [6.45, 7) is -0.522. The van der Waals surface area contributed by atoms with Crippen LogP contribution in [0.4, 0.5) is 5.69 Å². The number of para-hydroxylation sites is 1. The van der Waals surface area contributed by atoms with Gasteiger partial charge in [-0.2, -0.15) is 4.98 Å². The van der Waals surface area contributed by atoms with Gasteiger partial charge < -0.3 is 15.4 Å². The maximum absolute atomic E-state index is 12.6. The van der Waals surface area contributed by atoms with Crippen molar-refractivity contribution in [2.75, 3.05) is 11.9 Å². The molecule has 0 spiro atoms. The van der Waals surface area contributed by atoms with Crippen LogP contribution in [0.2, 0.25) is 0 Å². The second-order valence-electron chi connectivity index (χ2n) is 7.94. The van der Waals surface area contributed by atoms with Crippen molar-refractivity contribution >= 4 is 34.8 Å². The Bertz CT molecular complexity index is 1360. The average Bonchev–Trinajstić information content (AvgIpc) is 3.33. The van der Waals surface area contributed by atoms with Crippen LogP contribution in [-0.2, 0) is 9.53 Å². The monoisotopic (exact) mass is 487 g/mol. The van der Waals surface area contributed by atoms with Gasteiger partial charge in [-0.25, -0.2) is 9.48 Å². The number of carbonyl (C=O) groups excluding carboxylic acids is 3. The van der Waals surface area contributed by atoms with Crippen molar-refractivity contribution in [2.24, 2.45) is 0 Å². The van der Waals surface area contributed by atoms with E-state index < -0.39 is 18.5 Å². The quantitative estimate of drug-likeness (QED) is 0.367. The fraction of sp³-hybridized carbons (Fsp3) is 0.160. The van der Waals surface area contributed by atoms with Gasteiger partial charge in [0.15, 0.2) is 12.4 Å². The van der Waals surface area contributed by atoms with Crippen molar-refractivity contribution in [2.45, 2.75) is 18.9 Å². The van der Waals surface area contributed by atoms with Crippen molar-refractivity contribution in [3.05, 3.63) is 83.5 Å². The maximum Gasteiger partial charge on any atom is 0.378 e. The normalized spacial score (nSPS) is 12.7. The molecule has 0 bridgehead atoms. The molecule has 0 saturated heterocycles. The number of hydrogen-bond acceptors (Lipinski definition) is 7. The fourth-order valence-corrected chi connectivity index (χ4v) is 4.04. The maximum atomic E-state index is 12.6. The molecule has 2 heterocycles. The van der Waals surface area contributed by atoms with E-state index in [1.807, 2.05) is 47.8 Å². The molecule has 0 atom stereocenters. The fourth-order valence-electron chi connectivity index (χ4n) is 3.34. The highest BCUT2D eigenvalue weighted by Crippen LogP contribution is 2.25. The zero-order valence-corrected chi connectivity index (χ0v) is 19.3. The zero-order chi connectivity index (χ0) is 24.2. The summed E-state index contributed by atoms with van der Waals surface area (Å²) < 4.78 is 6.73. The molecule has 2 N–H and O–H groups in total. The van der Waals surface area contributed by atoms with Crippen molar-refractivity contribution in [1.82, 2.24) is 20.1 Å². The molecule has 2 amide bonds. The van der Waals surface area contributed by atoms with Gasteiger partial charge in [0.2, 0.25) is 0 Å². The van der Waals surface area contributed by atoms with Crippen molar-refractivity contribution < 1.29 is 19.1 Å². The van der Waals surface area contributed by atoms with Crippen LogP contribution in [0, 0.1) is 0 Å². The summed E-state index contributed by atoms with van der Waals surface area (Å²) in [7, 11) is 0. The summed E-state index contributed by atoms with van der Waals surface area (Å²) in [5.41, 5.74) is 1.62. The van der Waals surface area contributed by atoms with Crippen molar-refractivity contribution in [1.29, 1.82) is 0 Å². The minimum absolute atomic E-state index is 0.149. The van der Waals surface area contributed by atoms with Crippen LogP contribution in [0.3, 0.4) is 0 Å². The van der Waals surface area contributed by atoms with Gasteiger partial charge >= 0.3 is 5.97 Å². The molecule has 9 nitrogen and oxygen atoms in total. The number of nitrogens with one attached hydrogen (secondary N) is 2. The summed E-state index contributed by atoms with van der Waals surface area (Å²) in [5.74, 6) is -1.19. The molecule has 1 fully saturated rings. The minimum atomic E-state index is -0.815. The van der Waals surface area contributed by atoms with Crippen LogP contribution >= 0.6 is 11.3 Å². The number of anilines is 1. The Morgan fingerprint density at radius 3 is 2.60 bits per heavy atom. The predicted octanol–water partition coefficient (Wildman–Crippen LogP) is 3.68. The number of esters is 1. The number of thiophene rings is 1. The molecule has 35 heavy (non-hydrogen) atoms. The van der Waals surface area contributed by atoms with Crippen LogP contribution < -0.4 is 10.6 Å². The molecule has 2 aromatic carbocycles. The lowest BCUT2D eigenvalue weighted by molar-refractivity contribution is -0.119. The summed E-state index contributed by atoms with van der Waals surface area (Å²) in [6.07, 6.45) is 1.97. The number of amides is 2. The smallest absolute Gasteiger partial charge is 0.378 e. The number of ether oxygens (including phenoxy) is 1. The topological polar surface area (TPSA) is 115 Å². The third kappa shape index (κ3) is 5.44. The number of rotatable bonds is 8. The van der Waals surface area contributed by atoms with E-state index in [4.69, 9.17) is 4.74 Å². The van der Waals surface area contributed by atoms with Gasteiger partial charge in [0.25, 0.3) is 17.6 Å². The first-order valence-corrected chi connectivity index (χ1v) is 11.9. The molecule has 0 radical (unpaired) electrons. The van der Waals surface area contributed by atoms with Gasteiger partial charge in [-0.15, -0.1) is 16.4 Å². The molecule has 176 valence electrons. The molecule has 4 aromatic rings. The van der Waals surface area contributed by atoms with Crippen LogP contribution in [0.15, 0.2) is 72.1 Å². The first-order valence-electron chi connectivity index (χ1n) is 11.0. The van der Waals surface area contributed by atoms with E-state index in [9.17, 15) is 14.4 Å². The highest BCUT2D eigenvalue weighted by molar-refractivity contribution is 7.13. The van der Waals surface area contributed by atoms with E-state index in [1.54, 1.807) is 28.9 Å². The average molecular weight is 488 g/mol. The SMILES string of the molecule is O=C(COC(=O)c1nc(-c2cccs2)n(-c2ccccc2)n1)Nc1cccc(C(=O)NC2CC2)c1. The van der Waals surface area contributed by atoms with Crippen molar-refractivity contribution in [3.8, 4) is 16.4 Å². The van der Waals surface area contributed by atoms with Crippen molar-refractivity contribution in [3.63, 3.8) is 0 Å².